The highest BCUT2D eigenvalue weighted by atomic mass is 16.5. The number of hydrogen-bond donors (Lipinski definition) is 1. The lowest BCUT2D eigenvalue weighted by molar-refractivity contribution is -0.132. The second kappa shape index (κ2) is 9.43. The Morgan fingerprint density at radius 1 is 0.941 bits per heavy atom. The topological polar surface area (TPSA) is 70.1 Å². The van der Waals surface area contributed by atoms with Crippen molar-refractivity contribution >= 4 is 28.8 Å². The summed E-state index contributed by atoms with van der Waals surface area (Å²) in [6, 6.07) is 22.8. The fourth-order valence-electron chi connectivity index (χ4n) is 4.10. The molecule has 0 radical (unpaired) electrons. The second-order valence-corrected chi connectivity index (χ2v) is 8.69. The average Bonchev–Trinajstić information content (AvgIpc) is 3.09. The van der Waals surface area contributed by atoms with Gasteiger partial charge >= 0.3 is 0 Å². The van der Waals surface area contributed by atoms with Gasteiger partial charge in [0.25, 0.3) is 11.7 Å². The molecule has 1 saturated heterocycles. The Bertz CT molecular complexity index is 1230. The van der Waals surface area contributed by atoms with E-state index in [1.807, 2.05) is 75.3 Å². The third-order valence-electron chi connectivity index (χ3n) is 5.68. The third-order valence-corrected chi connectivity index (χ3v) is 5.68. The predicted molar refractivity (Wildman–Crippen MR) is 134 cm³/mol. The maximum Gasteiger partial charge on any atom is 0.300 e. The quantitative estimate of drug-likeness (QED) is 0.315. The van der Waals surface area contributed by atoms with E-state index in [4.69, 9.17) is 4.74 Å². The fraction of sp³-hybridized carbons (Fsp3) is 0.214. The molecule has 6 nitrogen and oxygen atoms in total. The van der Waals surface area contributed by atoms with Gasteiger partial charge in [-0.25, -0.2) is 0 Å². The number of carbonyl (C=O) groups excluding carboxylic acids is 2. The molecule has 3 aromatic rings. The summed E-state index contributed by atoms with van der Waals surface area (Å²) >= 11 is 0. The molecular weight excluding hydrogens is 428 g/mol. The number of benzene rings is 3. The minimum atomic E-state index is -0.770. The van der Waals surface area contributed by atoms with Gasteiger partial charge in [0.1, 0.15) is 11.5 Å². The molecule has 3 aromatic carbocycles. The van der Waals surface area contributed by atoms with E-state index in [0.717, 1.165) is 11.3 Å². The van der Waals surface area contributed by atoms with Crippen LogP contribution in [0.3, 0.4) is 0 Å². The smallest absolute Gasteiger partial charge is 0.300 e. The number of amides is 1. The predicted octanol–water partition coefficient (Wildman–Crippen LogP) is 5.17. The van der Waals surface area contributed by atoms with Crippen molar-refractivity contribution in [2.75, 3.05) is 23.9 Å². The monoisotopic (exact) mass is 456 g/mol. The Balaban J connectivity index is 1.89. The van der Waals surface area contributed by atoms with E-state index in [1.165, 1.54) is 4.90 Å². The molecular formula is C28H28N2O4. The molecule has 0 aromatic heterocycles. The van der Waals surface area contributed by atoms with Crippen molar-refractivity contribution in [3.8, 4) is 5.75 Å². The second-order valence-electron chi connectivity index (χ2n) is 8.69. The molecule has 1 aliphatic rings. The van der Waals surface area contributed by atoms with Crippen LogP contribution in [0.25, 0.3) is 5.76 Å². The summed E-state index contributed by atoms with van der Waals surface area (Å²) in [5.41, 5.74) is 2.76. The molecule has 1 fully saturated rings. The molecule has 0 bridgehead atoms. The van der Waals surface area contributed by atoms with Crippen LogP contribution in [0.5, 0.6) is 5.75 Å². The van der Waals surface area contributed by atoms with Crippen LogP contribution in [0.2, 0.25) is 0 Å². The van der Waals surface area contributed by atoms with Gasteiger partial charge in [0, 0.05) is 31.0 Å². The summed E-state index contributed by atoms with van der Waals surface area (Å²) in [6.07, 6.45) is -0.0451. The minimum absolute atomic E-state index is 0.0451. The highest BCUT2D eigenvalue weighted by molar-refractivity contribution is 6.51. The molecule has 174 valence electrons. The Kier molecular flexibility index (Phi) is 6.41. The number of rotatable bonds is 6. The lowest BCUT2D eigenvalue weighted by Crippen LogP contribution is -2.29. The normalized spacial score (nSPS) is 17.3. The van der Waals surface area contributed by atoms with Crippen LogP contribution in [0, 0.1) is 0 Å². The average molecular weight is 457 g/mol. The number of para-hydroxylation sites is 1. The van der Waals surface area contributed by atoms with Crippen LogP contribution >= 0.6 is 0 Å². The van der Waals surface area contributed by atoms with Gasteiger partial charge in [-0.3, -0.25) is 14.5 Å². The van der Waals surface area contributed by atoms with E-state index < -0.39 is 17.7 Å². The zero-order valence-electron chi connectivity index (χ0n) is 19.7. The number of ketones is 1. The summed E-state index contributed by atoms with van der Waals surface area (Å²) < 4.78 is 5.75. The van der Waals surface area contributed by atoms with Crippen LogP contribution in [-0.2, 0) is 9.59 Å². The molecule has 6 heteroatoms. The summed E-state index contributed by atoms with van der Waals surface area (Å²) in [5, 5.41) is 11.3. The lowest BCUT2D eigenvalue weighted by Gasteiger charge is -2.26. The Morgan fingerprint density at radius 2 is 1.62 bits per heavy atom. The summed E-state index contributed by atoms with van der Waals surface area (Å²) in [4.78, 5) is 29.9. The Labute approximate surface area is 199 Å². The van der Waals surface area contributed by atoms with Gasteiger partial charge in [0.05, 0.1) is 17.7 Å². The number of Topliss-reactive ketones (excluding diaryl/α,β-unsaturated/α-hetero) is 1. The van der Waals surface area contributed by atoms with Gasteiger partial charge in [-0.1, -0.05) is 42.5 Å². The van der Waals surface area contributed by atoms with E-state index in [0.29, 0.717) is 17.0 Å². The van der Waals surface area contributed by atoms with Crippen LogP contribution in [0.15, 0.2) is 84.4 Å². The van der Waals surface area contributed by atoms with Crippen molar-refractivity contribution < 1.29 is 19.4 Å². The van der Waals surface area contributed by atoms with Gasteiger partial charge in [-0.05, 0) is 55.8 Å². The first-order valence-electron chi connectivity index (χ1n) is 11.2. The molecule has 1 amide bonds. The van der Waals surface area contributed by atoms with Crippen molar-refractivity contribution in [3.63, 3.8) is 0 Å². The van der Waals surface area contributed by atoms with Crippen molar-refractivity contribution in [2.24, 2.45) is 0 Å². The number of aliphatic hydroxyl groups excluding tert-OH is 1. The highest BCUT2D eigenvalue weighted by Crippen LogP contribution is 2.42. The SMILES string of the molecule is CC(C)Oc1cccc(/C(O)=C2/C(=O)C(=O)N(c3ccccc3)C2c2ccc(N(C)C)cc2)c1. The largest absolute Gasteiger partial charge is 0.507 e. The summed E-state index contributed by atoms with van der Waals surface area (Å²) in [7, 11) is 3.88. The van der Waals surface area contributed by atoms with E-state index in [2.05, 4.69) is 0 Å². The summed E-state index contributed by atoms with van der Waals surface area (Å²) in [5.74, 6) is -1.06. The molecule has 1 unspecified atom stereocenters. The number of nitrogens with zero attached hydrogens (tertiary/aromatic N) is 2. The molecule has 1 aliphatic heterocycles. The van der Waals surface area contributed by atoms with E-state index in [9.17, 15) is 14.7 Å². The van der Waals surface area contributed by atoms with Crippen molar-refractivity contribution in [1.29, 1.82) is 0 Å². The zero-order chi connectivity index (χ0) is 24.4. The van der Waals surface area contributed by atoms with Gasteiger partial charge in [0.2, 0.25) is 0 Å². The first-order valence-corrected chi connectivity index (χ1v) is 11.2. The molecule has 34 heavy (non-hydrogen) atoms. The number of hydrogen-bond acceptors (Lipinski definition) is 5. The molecule has 0 spiro atoms. The lowest BCUT2D eigenvalue weighted by atomic mass is 9.95. The van der Waals surface area contributed by atoms with Crippen molar-refractivity contribution in [2.45, 2.75) is 26.0 Å². The van der Waals surface area contributed by atoms with Crippen LogP contribution < -0.4 is 14.5 Å². The van der Waals surface area contributed by atoms with Crippen molar-refractivity contribution in [1.82, 2.24) is 0 Å². The maximum absolute atomic E-state index is 13.3. The van der Waals surface area contributed by atoms with Gasteiger partial charge in [0.15, 0.2) is 0 Å². The van der Waals surface area contributed by atoms with E-state index in [-0.39, 0.29) is 17.4 Å². The molecule has 1 heterocycles. The third kappa shape index (κ3) is 4.39. The van der Waals surface area contributed by atoms with E-state index in [1.54, 1.807) is 36.4 Å². The number of carbonyl (C=O) groups is 2. The fourth-order valence-corrected chi connectivity index (χ4v) is 4.10. The molecule has 1 N–H and O–H groups in total. The first-order chi connectivity index (χ1) is 16.3. The molecule has 4 rings (SSSR count). The number of aliphatic hydroxyl groups is 1. The van der Waals surface area contributed by atoms with Gasteiger partial charge < -0.3 is 14.7 Å². The zero-order valence-corrected chi connectivity index (χ0v) is 19.7. The Hall–Kier alpha value is -4.06. The highest BCUT2D eigenvalue weighted by Gasteiger charge is 2.46. The standard InChI is InChI=1S/C28H28N2O4/c1-18(2)34-23-12-8-9-20(17-23)26(31)24-25(19-13-15-21(16-14-19)29(3)4)30(28(33)27(24)32)22-10-6-5-7-11-22/h5-18,25,31H,1-4H3/b26-24-. The summed E-state index contributed by atoms with van der Waals surface area (Å²) in [6.45, 7) is 3.82. The van der Waals surface area contributed by atoms with E-state index >= 15 is 0 Å². The molecule has 0 aliphatic carbocycles. The van der Waals surface area contributed by atoms with Crippen molar-refractivity contribution in [3.05, 3.63) is 95.6 Å². The Morgan fingerprint density at radius 3 is 2.24 bits per heavy atom. The first kappa shape index (κ1) is 23.1. The maximum atomic E-state index is 13.3. The van der Waals surface area contributed by atoms with Crippen LogP contribution in [-0.4, -0.2) is 37.0 Å². The minimum Gasteiger partial charge on any atom is -0.507 e. The van der Waals surface area contributed by atoms with Gasteiger partial charge in [-0.15, -0.1) is 0 Å². The molecule has 0 saturated carbocycles. The molecule has 1 atom stereocenters. The number of ether oxygens (including phenoxy) is 1. The van der Waals surface area contributed by atoms with Gasteiger partial charge in [-0.2, -0.15) is 0 Å². The number of anilines is 2. The van der Waals surface area contributed by atoms with Crippen LogP contribution in [0.1, 0.15) is 31.0 Å². The van der Waals surface area contributed by atoms with Crippen LogP contribution in [0.4, 0.5) is 11.4 Å².